The van der Waals surface area contributed by atoms with Crippen molar-refractivity contribution in [3.8, 4) is 22.6 Å². The lowest BCUT2D eigenvalue weighted by Crippen LogP contribution is -2.16. The fourth-order valence-electron chi connectivity index (χ4n) is 3.62. The second-order valence-corrected chi connectivity index (χ2v) is 7.26. The molecule has 3 aromatic carbocycles. The number of nitrogens with one attached hydrogen (secondary N) is 1. The van der Waals surface area contributed by atoms with Gasteiger partial charge in [-0.05, 0) is 41.0 Å². The molecule has 1 N–H and O–H groups in total. The second kappa shape index (κ2) is 8.36. The van der Waals surface area contributed by atoms with Gasteiger partial charge in [-0.3, -0.25) is 9.48 Å². The van der Waals surface area contributed by atoms with Gasteiger partial charge in [-0.2, -0.15) is 5.10 Å². The third-order valence-electron chi connectivity index (χ3n) is 5.14. The topological polar surface area (TPSA) is 65.4 Å². The molecular formula is C25H21N3O3. The SMILES string of the molecule is O=C(Nc1ccc2c(c1)OCCO2)c1ccccc1-c1ccc(Cn2cccn2)cc1. The number of fused-ring (bicyclic) bond motifs is 1. The maximum absolute atomic E-state index is 13.1. The van der Waals surface area contributed by atoms with Crippen molar-refractivity contribution in [1.29, 1.82) is 0 Å². The Hall–Kier alpha value is -4.06. The summed E-state index contributed by atoms with van der Waals surface area (Å²) in [7, 11) is 0. The lowest BCUT2D eigenvalue weighted by Gasteiger charge is -2.19. The summed E-state index contributed by atoms with van der Waals surface area (Å²) in [5.74, 6) is 1.16. The molecule has 0 saturated heterocycles. The summed E-state index contributed by atoms with van der Waals surface area (Å²) in [6, 6.07) is 23.1. The van der Waals surface area contributed by atoms with Crippen LogP contribution in [0.5, 0.6) is 11.5 Å². The van der Waals surface area contributed by atoms with Gasteiger partial charge in [-0.25, -0.2) is 0 Å². The van der Waals surface area contributed by atoms with Gasteiger partial charge in [0.05, 0.1) is 6.54 Å². The summed E-state index contributed by atoms with van der Waals surface area (Å²) >= 11 is 0. The molecule has 0 atom stereocenters. The van der Waals surface area contributed by atoms with E-state index in [1.54, 1.807) is 12.3 Å². The highest BCUT2D eigenvalue weighted by Crippen LogP contribution is 2.33. The van der Waals surface area contributed by atoms with Crippen LogP contribution in [0.3, 0.4) is 0 Å². The number of aromatic nitrogens is 2. The Balaban J connectivity index is 1.37. The number of benzene rings is 3. The van der Waals surface area contributed by atoms with Crippen molar-refractivity contribution in [2.24, 2.45) is 0 Å². The maximum Gasteiger partial charge on any atom is 0.256 e. The summed E-state index contributed by atoms with van der Waals surface area (Å²) < 4.78 is 13.0. The maximum atomic E-state index is 13.1. The number of rotatable bonds is 5. The van der Waals surface area contributed by atoms with E-state index in [1.807, 2.05) is 65.5 Å². The first-order valence-corrected chi connectivity index (χ1v) is 10.1. The average Bonchev–Trinajstić information content (AvgIpc) is 3.32. The van der Waals surface area contributed by atoms with Crippen LogP contribution >= 0.6 is 0 Å². The van der Waals surface area contributed by atoms with Gasteiger partial charge in [0.25, 0.3) is 5.91 Å². The molecule has 31 heavy (non-hydrogen) atoms. The van der Waals surface area contributed by atoms with Crippen LogP contribution in [0.1, 0.15) is 15.9 Å². The Morgan fingerprint density at radius 1 is 0.935 bits per heavy atom. The van der Waals surface area contributed by atoms with E-state index >= 15 is 0 Å². The summed E-state index contributed by atoms with van der Waals surface area (Å²) in [5, 5.41) is 7.22. The van der Waals surface area contributed by atoms with E-state index in [-0.39, 0.29) is 5.91 Å². The van der Waals surface area contributed by atoms with Crippen LogP contribution < -0.4 is 14.8 Å². The number of carbonyl (C=O) groups is 1. The molecule has 5 rings (SSSR count). The third kappa shape index (κ3) is 4.14. The number of amides is 1. The van der Waals surface area contributed by atoms with Gasteiger partial charge in [0, 0.05) is 29.7 Å². The predicted molar refractivity (Wildman–Crippen MR) is 119 cm³/mol. The molecule has 1 aliphatic rings. The molecule has 0 bridgehead atoms. The lowest BCUT2D eigenvalue weighted by atomic mass is 9.98. The summed E-state index contributed by atoms with van der Waals surface area (Å²) in [6.45, 7) is 1.75. The molecule has 0 fully saturated rings. The normalized spacial score (nSPS) is 12.4. The predicted octanol–water partition coefficient (Wildman–Crippen LogP) is 4.62. The highest BCUT2D eigenvalue weighted by atomic mass is 16.6. The van der Waals surface area contributed by atoms with Gasteiger partial charge in [-0.1, -0.05) is 42.5 Å². The molecule has 1 aliphatic heterocycles. The molecule has 1 aromatic heterocycles. The smallest absolute Gasteiger partial charge is 0.256 e. The minimum atomic E-state index is -0.173. The van der Waals surface area contributed by atoms with E-state index in [9.17, 15) is 4.79 Å². The zero-order chi connectivity index (χ0) is 21.0. The van der Waals surface area contributed by atoms with Crippen LogP contribution in [0, 0.1) is 0 Å². The fraction of sp³-hybridized carbons (Fsp3) is 0.120. The number of anilines is 1. The van der Waals surface area contributed by atoms with Crippen molar-refractivity contribution in [3.05, 3.63) is 96.3 Å². The highest BCUT2D eigenvalue weighted by Gasteiger charge is 2.16. The Kier molecular flexibility index (Phi) is 5.10. The standard InChI is InChI=1S/C25H21N3O3/c29-25(27-20-10-11-23-24(16-20)31-15-14-30-23)22-5-2-1-4-21(22)19-8-6-18(7-9-19)17-28-13-3-12-26-28/h1-13,16H,14-15,17H2,(H,27,29). The van der Waals surface area contributed by atoms with E-state index in [0.717, 1.165) is 16.7 Å². The molecule has 154 valence electrons. The molecule has 6 heteroatoms. The molecule has 6 nitrogen and oxygen atoms in total. The first-order chi connectivity index (χ1) is 15.3. The van der Waals surface area contributed by atoms with E-state index in [4.69, 9.17) is 9.47 Å². The molecule has 4 aromatic rings. The van der Waals surface area contributed by atoms with Crippen molar-refractivity contribution in [1.82, 2.24) is 9.78 Å². The number of hydrogen-bond acceptors (Lipinski definition) is 4. The van der Waals surface area contributed by atoms with Gasteiger partial charge >= 0.3 is 0 Å². The summed E-state index contributed by atoms with van der Waals surface area (Å²) in [6.07, 6.45) is 3.70. The number of nitrogens with zero attached hydrogens (tertiary/aromatic N) is 2. The van der Waals surface area contributed by atoms with Crippen LogP contribution in [0.25, 0.3) is 11.1 Å². The molecule has 0 aliphatic carbocycles. The van der Waals surface area contributed by atoms with Crippen molar-refractivity contribution in [2.75, 3.05) is 18.5 Å². The van der Waals surface area contributed by atoms with Gasteiger partial charge in [-0.15, -0.1) is 0 Å². The van der Waals surface area contributed by atoms with E-state index in [2.05, 4.69) is 22.5 Å². The monoisotopic (exact) mass is 411 g/mol. The molecule has 0 spiro atoms. The fourth-order valence-corrected chi connectivity index (χ4v) is 3.62. The van der Waals surface area contributed by atoms with Crippen molar-refractivity contribution in [2.45, 2.75) is 6.54 Å². The highest BCUT2D eigenvalue weighted by molar-refractivity contribution is 6.08. The summed E-state index contributed by atoms with van der Waals surface area (Å²) in [5.41, 5.74) is 4.28. The first kappa shape index (κ1) is 18.9. The van der Waals surface area contributed by atoms with Gasteiger partial charge in [0.15, 0.2) is 11.5 Å². The third-order valence-corrected chi connectivity index (χ3v) is 5.14. The van der Waals surface area contributed by atoms with Crippen LogP contribution in [0.15, 0.2) is 85.2 Å². The minimum absolute atomic E-state index is 0.173. The molecule has 1 amide bonds. The van der Waals surface area contributed by atoms with Gasteiger partial charge in [0.1, 0.15) is 13.2 Å². The van der Waals surface area contributed by atoms with Crippen LogP contribution in [-0.2, 0) is 6.54 Å². The van der Waals surface area contributed by atoms with E-state index < -0.39 is 0 Å². The van der Waals surface area contributed by atoms with Crippen molar-refractivity contribution in [3.63, 3.8) is 0 Å². The van der Waals surface area contributed by atoms with Gasteiger partial charge in [0.2, 0.25) is 0 Å². The Labute approximate surface area is 180 Å². The second-order valence-electron chi connectivity index (χ2n) is 7.26. The Morgan fingerprint density at radius 3 is 2.55 bits per heavy atom. The number of hydrogen-bond donors (Lipinski definition) is 1. The van der Waals surface area contributed by atoms with Crippen molar-refractivity contribution < 1.29 is 14.3 Å². The van der Waals surface area contributed by atoms with Crippen molar-refractivity contribution >= 4 is 11.6 Å². The van der Waals surface area contributed by atoms with Crippen LogP contribution in [0.2, 0.25) is 0 Å². The van der Waals surface area contributed by atoms with Crippen LogP contribution in [-0.4, -0.2) is 28.9 Å². The summed E-state index contributed by atoms with van der Waals surface area (Å²) in [4.78, 5) is 13.1. The van der Waals surface area contributed by atoms with E-state index in [1.165, 1.54) is 0 Å². The van der Waals surface area contributed by atoms with E-state index in [0.29, 0.717) is 42.5 Å². The average molecular weight is 411 g/mol. The quantitative estimate of drug-likeness (QED) is 0.520. The Morgan fingerprint density at radius 2 is 1.74 bits per heavy atom. The number of carbonyl (C=O) groups excluding carboxylic acids is 1. The zero-order valence-corrected chi connectivity index (χ0v) is 16.8. The molecule has 2 heterocycles. The molecule has 0 radical (unpaired) electrons. The molecule has 0 unspecified atom stereocenters. The zero-order valence-electron chi connectivity index (χ0n) is 16.8. The van der Waals surface area contributed by atoms with Crippen LogP contribution in [0.4, 0.5) is 5.69 Å². The Bertz CT molecular complexity index is 1200. The lowest BCUT2D eigenvalue weighted by molar-refractivity contribution is 0.102. The first-order valence-electron chi connectivity index (χ1n) is 10.1. The largest absolute Gasteiger partial charge is 0.486 e. The van der Waals surface area contributed by atoms with Gasteiger partial charge < -0.3 is 14.8 Å². The minimum Gasteiger partial charge on any atom is -0.486 e. The molecular weight excluding hydrogens is 390 g/mol. The molecule has 0 saturated carbocycles. The number of ether oxygens (including phenoxy) is 2.